The first-order chi connectivity index (χ1) is 10.7. The second-order valence-electron chi connectivity index (χ2n) is 4.64. The molecule has 8 heteroatoms. The molecule has 0 bridgehead atoms. The molecule has 2 rings (SSSR count). The van der Waals surface area contributed by atoms with E-state index in [4.69, 9.17) is 16.1 Å². The molecule has 1 aromatic heterocycles. The zero-order valence-electron chi connectivity index (χ0n) is 13.2. The summed E-state index contributed by atoms with van der Waals surface area (Å²) in [4.78, 5) is 8.76. The zero-order chi connectivity index (χ0) is 15.8. The summed E-state index contributed by atoms with van der Waals surface area (Å²) in [6, 6.07) is 7.30. The highest BCUT2D eigenvalue weighted by atomic mass is 127. The van der Waals surface area contributed by atoms with Crippen LogP contribution in [0.4, 0.5) is 0 Å². The van der Waals surface area contributed by atoms with Crippen molar-refractivity contribution >= 4 is 41.5 Å². The number of aliphatic imine (C=N–C) groups is 1. The Morgan fingerprint density at radius 1 is 1.22 bits per heavy atom. The Kier molecular flexibility index (Phi) is 8.93. The summed E-state index contributed by atoms with van der Waals surface area (Å²) < 4.78 is 5.23. The third-order valence-corrected chi connectivity index (χ3v) is 3.08. The number of hydrogen-bond acceptors (Lipinski definition) is 4. The van der Waals surface area contributed by atoms with Gasteiger partial charge >= 0.3 is 0 Å². The lowest BCUT2D eigenvalue weighted by Crippen LogP contribution is -2.37. The third-order valence-electron chi connectivity index (χ3n) is 2.83. The van der Waals surface area contributed by atoms with Crippen molar-refractivity contribution in [2.75, 3.05) is 13.1 Å². The van der Waals surface area contributed by atoms with Crippen LogP contribution in [0.1, 0.15) is 26.2 Å². The summed E-state index contributed by atoms with van der Waals surface area (Å²) in [5, 5.41) is 11.0. The number of rotatable bonds is 6. The molecule has 6 nitrogen and oxygen atoms in total. The van der Waals surface area contributed by atoms with Gasteiger partial charge in [-0.25, -0.2) is 4.99 Å². The van der Waals surface area contributed by atoms with E-state index in [2.05, 4.69) is 32.7 Å². The number of hydrogen-bond donors (Lipinski definition) is 2. The van der Waals surface area contributed by atoms with E-state index in [0.29, 0.717) is 23.3 Å². The van der Waals surface area contributed by atoms with Crippen LogP contribution in [0.15, 0.2) is 33.8 Å². The van der Waals surface area contributed by atoms with Gasteiger partial charge in [0, 0.05) is 23.7 Å². The van der Waals surface area contributed by atoms with Gasteiger partial charge in [0.25, 0.3) is 0 Å². The maximum atomic E-state index is 5.86. The minimum absolute atomic E-state index is 0. The molecular weight excluding hydrogens is 429 g/mol. The van der Waals surface area contributed by atoms with Crippen LogP contribution in [0.25, 0.3) is 11.4 Å². The van der Waals surface area contributed by atoms with Crippen molar-refractivity contribution in [3.8, 4) is 11.4 Å². The Morgan fingerprint density at radius 2 is 1.96 bits per heavy atom. The number of aromatic nitrogens is 2. The number of nitrogens with zero attached hydrogens (tertiary/aromatic N) is 3. The topological polar surface area (TPSA) is 75.3 Å². The van der Waals surface area contributed by atoms with Crippen LogP contribution >= 0.6 is 35.6 Å². The maximum absolute atomic E-state index is 5.86. The number of halogens is 2. The van der Waals surface area contributed by atoms with Gasteiger partial charge in [0.1, 0.15) is 6.54 Å². The van der Waals surface area contributed by atoms with E-state index in [0.717, 1.165) is 31.0 Å². The summed E-state index contributed by atoms with van der Waals surface area (Å²) in [6.07, 6.45) is 1.03. The van der Waals surface area contributed by atoms with Gasteiger partial charge in [-0.1, -0.05) is 23.7 Å². The molecule has 23 heavy (non-hydrogen) atoms. The van der Waals surface area contributed by atoms with Gasteiger partial charge in [-0.15, -0.1) is 24.0 Å². The van der Waals surface area contributed by atoms with Crippen molar-refractivity contribution < 1.29 is 4.52 Å². The van der Waals surface area contributed by atoms with E-state index in [1.54, 1.807) is 12.1 Å². The molecule has 0 aliphatic heterocycles. The molecule has 1 aromatic carbocycles. The molecule has 126 valence electrons. The minimum Gasteiger partial charge on any atom is -0.357 e. The lowest BCUT2D eigenvalue weighted by Gasteiger charge is -2.09. The predicted octanol–water partition coefficient (Wildman–Crippen LogP) is 3.47. The minimum atomic E-state index is 0. The highest BCUT2D eigenvalue weighted by molar-refractivity contribution is 14.0. The Morgan fingerprint density at radius 3 is 2.61 bits per heavy atom. The molecule has 0 aliphatic carbocycles. The molecule has 0 amide bonds. The molecule has 0 radical (unpaired) electrons. The number of nitrogens with one attached hydrogen (secondary N) is 2. The van der Waals surface area contributed by atoms with Crippen LogP contribution in [-0.2, 0) is 6.54 Å². The summed E-state index contributed by atoms with van der Waals surface area (Å²) in [7, 11) is 0. The van der Waals surface area contributed by atoms with E-state index >= 15 is 0 Å². The summed E-state index contributed by atoms with van der Waals surface area (Å²) in [6.45, 7) is 6.13. The second-order valence-corrected chi connectivity index (χ2v) is 5.08. The fraction of sp³-hybridized carbons (Fsp3) is 0.400. The van der Waals surface area contributed by atoms with Crippen molar-refractivity contribution in [2.45, 2.75) is 26.8 Å². The highest BCUT2D eigenvalue weighted by Crippen LogP contribution is 2.18. The van der Waals surface area contributed by atoms with E-state index in [9.17, 15) is 0 Å². The summed E-state index contributed by atoms with van der Waals surface area (Å²) in [5.41, 5.74) is 0.861. The standard InChI is InChI=1S/C15H20ClN5O.HI/c1-3-9-18-15(17-4-2)19-10-13-20-14(21-22-13)11-5-7-12(16)8-6-11;/h5-8H,3-4,9-10H2,1-2H3,(H2,17,18,19);1H. The van der Waals surface area contributed by atoms with Crippen molar-refractivity contribution in [2.24, 2.45) is 4.99 Å². The molecule has 0 fully saturated rings. The van der Waals surface area contributed by atoms with Gasteiger partial charge in [0.2, 0.25) is 11.7 Å². The van der Waals surface area contributed by atoms with Crippen LogP contribution in [0.5, 0.6) is 0 Å². The van der Waals surface area contributed by atoms with Crippen LogP contribution < -0.4 is 10.6 Å². The SMILES string of the molecule is CCCNC(=NCc1nc(-c2ccc(Cl)cc2)no1)NCC.I. The van der Waals surface area contributed by atoms with Crippen molar-refractivity contribution in [1.29, 1.82) is 0 Å². The first kappa shape index (κ1) is 19.7. The number of benzene rings is 1. The quantitative estimate of drug-likeness (QED) is 0.401. The molecule has 2 aromatic rings. The van der Waals surface area contributed by atoms with E-state index in [1.807, 2.05) is 19.1 Å². The highest BCUT2D eigenvalue weighted by Gasteiger charge is 2.08. The lowest BCUT2D eigenvalue weighted by molar-refractivity contribution is 0.380. The van der Waals surface area contributed by atoms with Crippen LogP contribution in [-0.4, -0.2) is 29.2 Å². The number of guanidine groups is 1. The van der Waals surface area contributed by atoms with E-state index in [-0.39, 0.29) is 24.0 Å². The van der Waals surface area contributed by atoms with Crippen molar-refractivity contribution in [1.82, 2.24) is 20.8 Å². The fourth-order valence-corrected chi connectivity index (χ4v) is 1.89. The largest absolute Gasteiger partial charge is 0.357 e. The normalized spacial score (nSPS) is 11.0. The molecule has 0 unspecified atom stereocenters. The van der Waals surface area contributed by atoms with Gasteiger partial charge < -0.3 is 15.2 Å². The van der Waals surface area contributed by atoms with Crippen molar-refractivity contribution in [3.05, 3.63) is 35.2 Å². The average Bonchev–Trinajstić information content (AvgIpc) is 3.00. The van der Waals surface area contributed by atoms with Gasteiger partial charge in [-0.3, -0.25) is 0 Å². The van der Waals surface area contributed by atoms with Gasteiger partial charge in [0.05, 0.1) is 0 Å². The molecule has 0 aliphatic rings. The first-order valence-electron chi connectivity index (χ1n) is 7.33. The first-order valence-corrected chi connectivity index (χ1v) is 7.71. The molecule has 0 saturated heterocycles. The molecule has 1 heterocycles. The average molecular weight is 450 g/mol. The summed E-state index contributed by atoms with van der Waals surface area (Å²) >= 11 is 5.86. The van der Waals surface area contributed by atoms with E-state index < -0.39 is 0 Å². The Balaban J connectivity index is 0.00000264. The van der Waals surface area contributed by atoms with Crippen molar-refractivity contribution in [3.63, 3.8) is 0 Å². The smallest absolute Gasteiger partial charge is 0.248 e. The zero-order valence-corrected chi connectivity index (χ0v) is 16.3. The van der Waals surface area contributed by atoms with Gasteiger partial charge in [-0.2, -0.15) is 4.98 Å². The fourth-order valence-electron chi connectivity index (χ4n) is 1.77. The Labute approximate surface area is 158 Å². The second kappa shape index (κ2) is 10.4. The van der Waals surface area contributed by atoms with E-state index in [1.165, 1.54) is 0 Å². The lowest BCUT2D eigenvalue weighted by atomic mass is 10.2. The molecule has 2 N–H and O–H groups in total. The monoisotopic (exact) mass is 449 g/mol. The predicted molar refractivity (Wildman–Crippen MR) is 103 cm³/mol. The third kappa shape index (κ3) is 6.34. The molecule has 0 saturated carbocycles. The van der Waals surface area contributed by atoms with Gasteiger partial charge in [0.15, 0.2) is 5.96 Å². The summed E-state index contributed by atoms with van der Waals surface area (Å²) in [5.74, 6) is 1.75. The Bertz CT molecular complexity index is 615. The van der Waals surface area contributed by atoms with Crippen LogP contribution in [0.2, 0.25) is 5.02 Å². The molecule has 0 spiro atoms. The van der Waals surface area contributed by atoms with Crippen LogP contribution in [0.3, 0.4) is 0 Å². The van der Waals surface area contributed by atoms with Crippen LogP contribution in [0, 0.1) is 0 Å². The Hall–Kier alpha value is -1.35. The van der Waals surface area contributed by atoms with Gasteiger partial charge in [-0.05, 0) is 37.6 Å². The maximum Gasteiger partial charge on any atom is 0.248 e. The molecule has 0 atom stereocenters. The molecular formula is C15H21ClIN5O.